The summed E-state index contributed by atoms with van der Waals surface area (Å²) in [5.41, 5.74) is 2.28. The highest BCUT2D eigenvalue weighted by Gasteiger charge is 2.80. The van der Waals surface area contributed by atoms with Crippen molar-refractivity contribution in [2.45, 2.75) is 55.1 Å². The van der Waals surface area contributed by atoms with E-state index in [0.717, 1.165) is 6.33 Å². The lowest BCUT2D eigenvalue weighted by atomic mass is 10.2. The van der Waals surface area contributed by atoms with E-state index < -0.39 is 73.1 Å². The van der Waals surface area contributed by atoms with Crippen LogP contribution in [0.25, 0.3) is 22.3 Å². The largest absolute Gasteiger partial charge is 0.390 e. The second kappa shape index (κ2) is 9.15. The number of rotatable bonds is 7. The third kappa shape index (κ3) is 4.14. The third-order valence-corrected chi connectivity index (χ3v) is 8.84. The minimum absolute atomic E-state index is 0.0478. The van der Waals surface area contributed by atoms with Gasteiger partial charge in [-0.05, 0) is 11.8 Å². The molecule has 0 bridgehead atoms. The van der Waals surface area contributed by atoms with Gasteiger partial charge in [0.1, 0.15) is 24.5 Å². The van der Waals surface area contributed by atoms with Crippen LogP contribution in [-0.2, 0) is 30.3 Å². The summed E-state index contributed by atoms with van der Waals surface area (Å²) in [7, 11) is 0. The molecule has 9 atom stereocenters. The van der Waals surface area contributed by atoms with Crippen molar-refractivity contribution in [1.82, 2.24) is 39.0 Å². The fourth-order valence-corrected chi connectivity index (χ4v) is 6.61. The van der Waals surface area contributed by atoms with Crippen LogP contribution in [0.4, 0.5) is 10.3 Å². The van der Waals surface area contributed by atoms with E-state index in [1.165, 1.54) is 21.8 Å². The standard InChI is InChI=1S/C20H21FN9O9PS/c21-20-11(32)12(20)38-18(30-5-26-10-15(30)27-19(22)28-17(10)34)13(20)39-40(35,41)36-2-7-6(31)1-8(37-7)29-4-25-9-14(29)23-3-24-16(9)33/h3-8,11-13,18,31-32H,1-2H2,(H,35,41)(H,23,24,33)(H3,22,27,28,34)/t6-,7+,8+,11?,12+,13?,18+,20+,40?/m0/s1. The number of nitrogens with zero attached hydrogens (tertiary/aromatic N) is 6. The van der Waals surface area contributed by atoms with Crippen LogP contribution >= 0.6 is 6.72 Å². The molecule has 0 spiro atoms. The van der Waals surface area contributed by atoms with Crippen LogP contribution in [0.1, 0.15) is 18.9 Å². The second-order valence-corrected chi connectivity index (χ2v) is 12.6. The number of nitrogens with one attached hydrogen (secondary N) is 2. The lowest BCUT2D eigenvalue weighted by Crippen LogP contribution is -2.36. The highest BCUT2D eigenvalue weighted by atomic mass is 32.5. The van der Waals surface area contributed by atoms with E-state index in [-0.39, 0.29) is 34.7 Å². The first kappa shape index (κ1) is 26.7. The molecular weight excluding hydrogens is 592 g/mol. The normalized spacial score (nSPS) is 34.3. The molecule has 21 heteroatoms. The molecule has 7 N–H and O–H groups in total. The molecule has 6 heterocycles. The predicted octanol–water partition coefficient (Wildman–Crippen LogP) is -1.92. The van der Waals surface area contributed by atoms with Gasteiger partial charge in [-0.25, -0.2) is 19.3 Å². The maximum atomic E-state index is 15.7. The molecule has 2 saturated heterocycles. The molecule has 4 aromatic rings. The number of aromatic nitrogens is 8. The van der Waals surface area contributed by atoms with E-state index in [2.05, 4.69) is 29.9 Å². The van der Waals surface area contributed by atoms with Gasteiger partial charge in [0.15, 0.2) is 40.3 Å². The summed E-state index contributed by atoms with van der Waals surface area (Å²) in [4.78, 5) is 55.8. The second-order valence-electron chi connectivity index (χ2n) is 9.77. The van der Waals surface area contributed by atoms with Gasteiger partial charge in [-0.1, -0.05) is 0 Å². The SMILES string of the molecule is Nc1nc2c(ncn2[C@@H]2O[C@@H]3C(O)[C@]3(F)C2OP(O)(=S)OC[C@H]2O[C@@H](n3cnc4c(=O)[nH]cnc43)C[C@@H]2O)c(=O)[nH]1. The molecule has 0 amide bonds. The average Bonchev–Trinajstić information content (AvgIpc) is 3.49. The predicted molar refractivity (Wildman–Crippen MR) is 136 cm³/mol. The lowest BCUT2D eigenvalue weighted by molar-refractivity contribution is -0.0793. The zero-order chi connectivity index (χ0) is 28.8. The number of fused-ring (bicyclic) bond motifs is 3. The maximum Gasteiger partial charge on any atom is 0.325 e. The van der Waals surface area contributed by atoms with Gasteiger partial charge >= 0.3 is 6.72 Å². The van der Waals surface area contributed by atoms with E-state index in [0.29, 0.717) is 0 Å². The highest BCUT2D eigenvalue weighted by molar-refractivity contribution is 8.07. The van der Waals surface area contributed by atoms with Crippen molar-refractivity contribution < 1.29 is 38.0 Å². The molecule has 3 unspecified atom stereocenters. The molecule has 4 aromatic heterocycles. The van der Waals surface area contributed by atoms with Crippen molar-refractivity contribution in [3.05, 3.63) is 39.7 Å². The number of aliphatic hydroxyl groups excluding tert-OH is 2. The minimum Gasteiger partial charge on any atom is -0.390 e. The Bertz CT molecular complexity index is 1850. The summed E-state index contributed by atoms with van der Waals surface area (Å²) >= 11 is 5.12. The number of aliphatic hydroxyl groups is 2. The van der Waals surface area contributed by atoms with E-state index in [1.54, 1.807) is 0 Å². The quantitative estimate of drug-likeness (QED) is 0.124. The number of H-pyrrole nitrogens is 2. The molecular formula is C20H21FN9O9PS. The fourth-order valence-electron chi connectivity index (χ4n) is 5.20. The van der Waals surface area contributed by atoms with Gasteiger partial charge in [0.25, 0.3) is 11.1 Å². The zero-order valence-corrected chi connectivity index (χ0v) is 22.2. The summed E-state index contributed by atoms with van der Waals surface area (Å²) < 4.78 is 40.8. The molecule has 1 aliphatic carbocycles. The Balaban J connectivity index is 1.08. The van der Waals surface area contributed by atoms with Crippen LogP contribution in [0.2, 0.25) is 0 Å². The Labute approximate surface area is 231 Å². The van der Waals surface area contributed by atoms with Gasteiger partial charge in [-0.2, -0.15) is 4.98 Å². The van der Waals surface area contributed by atoms with Crippen molar-refractivity contribution in [1.29, 1.82) is 0 Å². The monoisotopic (exact) mass is 613 g/mol. The molecule has 18 nitrogen and oxygen atoms in total. The van der Waals surface area contributed by atoms with Crippen molar-refractivity contribution in [2.24, 2.45) is 0 Å². The highest BCUT2D eigenvalue weighted by Crippen LogP contribution is 2.62. The van der Waals surface area contributed by atoms with E-state index in [4.69, 9.17) is 36.1 Å². The summed E-state index contributed by atoms with van der Waals surface area (Å²) in [6, 6.07) is 0. The number of imidazole rings is 2. The summed E-state index contributed by atoms with van der Waals surface area (Å²) in [6.45, 7) is -4.70. The summed E-state index contributed by atoms with van der Waals surface area (Å²) in [6.07, 6.45) is -4.98. The van der Waals surface area contributed by atoms with Gasteiger partial charge in [0, 0.05) is 6.42 Å². The first-order valence-corrected chi connectivity index (χ1v) is 14.7. The Hall–Kier alpha value is -3.20. The Kier molecular flexibility index (Phi) is 5.95. The molecule has 1 saturated carbocycles. The fraction of sp³-hybridized carbons (Fsp3) is 0.500. The molecule has 3 fully saturated rings. The van der Waals surface area contributed by atoms with Gasteiger partial charge in [-0.3, -0.25) is 28.2 Å². The van der Waals surface area contributed by atoms with Crippen LogP contribution < -0.4 is 16.9 Å². The number of hydrogen-bond acceptors (Lipinski definition) is 14. The Morgan fingerprint density at radius 1 is 1.17 bits per heavy atom. The van der Waals surface area contributed by atoms with Gasteiger partial charge in [0.2, 0.25) is 5.95 Å². The summed E-state index contributed by atoms with van der Waals surface area (Å²) in [5, 5.41) is 20.7. The van der Waals surface area contributed by atoms with Gasteiger partial charge in [-0.15, -0.1) is 0 Å². The van der Waals surface area contributed by atoms with E-state index in [1.807, 2.05) is 0 Å². The number of aromatic amines is 2. The van der Waals surface area contributed by atoms with Crippen LogP contribution in [-0.4, -0.2) is 96.9 Å². The number of anilines is 1. The number of halogens is 1. The number of hydrogen-bond donors (Lipinski definition) is 6. The molecule has 7 rings (SSSR count). The molecule has 218 valence electrons. The number of alkyl halides is 1. The number of ether oxygens (including phenoxy) is 2. The van der Waals surface area contributed by atoms with Crippen LogP contribution in [0.3, 0.4) is 0 Å². The molecule has 41 heavy (non-hydrogen) atoms. The lowest BCUT2D eigenvalue weighted by Gasteiger charge is -2.29. The summed E-state index contributed by atoms with van der Waals surface area (Å²) in [5.74, 6) is -0.227. The van der Waals surface area contributed by atoms with Crippen molar-refractivity contribution >= 4 is 46.8 Å². The van der Waals surface area contributed by atoms with Crippen LogP contribution in [0.5, 0.6) is 0 Å². The topological polar surface area (TPSA) is 251 Å². The van der Waals surface area contributed by atoms with E-state index in [9.17, 15) is 24.7 Å². The first-order chi connectivity index (χ1) is 19.5. The third-order valence-electron chi connectivity index (χ3n) is 7.30. The molecule has 0 aromatic carbocycles. The Morgan fingerprint density at radius 2 is 1.90 bits per heavy atom. The minimum atomic E-state index is -4.26. The molecule has 3 aliphatic rings. The van der Waals surface area contributed by atoms with Gasteiger partial charge < -0.3 is 39.8 Å². The number of nitrogen functional groups attached to an aromatic ring is 1. The smallest absolute Gasteiger partial charge is 0.325 e. The molecule has 2 aliphatic heterocycles. The van der Waals surface area contributed by atoms with Crippen molar-refractivity contribution in [2.75, 3.05) is 12.3 Å². The van der Waals surface area contributed by atoms with Gasteiger partial charge in [0.05, 0.1) is 31.7 Å². The van der Waals surface area contributed by atoms with Crippen LogP contribution in [0, 0.1) is 0 Å². The van der Waals surface area contributed by atoms with Crippen molar-refractivity contribution in [3.63, 3.8) is 0 Å². The first-order valence-electron chi connectivity index (χ1n) is 12.1. The van der Waals surface area contributed by atoms with Crippen molar-refractivity contribution in [3.8, 4) is 0 Å². The number of nitrogens with two attached hydrogens (primary N) is 1. The zero-order valence-electron chi connectivity index (χ0n) is 20.5. The van der Waals surface area contributed by atoms with Crippen LogP contribution in [0.15, 0.2) is 28.6 Å². The Morgan fingerprint density at radius 3 is 2.68 bits per heavy atom. The maximum absolute atomic E-state index is 15.7. The van der Waals surface area contributed by atoms with E-state index >= 15 is 4.39 Å². The average molecular weight is 613 g/mol. The molecule has 0 radical (unpaired) electrons.